The maximum Gasteiger partial charge on any atom is 0.318 e. The lowest BCUT2D eigenvalue weighted by Crippen LogP contribution is -2.51. The number of likely N-dealkylation sites (N-methyl/N-ethyl adjacent to an activating group) is 1. The number of amides is 2. The molecule has 1 atom stereocenters. The number of hydrogen-bond donors (Lipinski definition) is 2. The van der Waals surface area contributed by atoms with Crippen molar-refractivity contribution in [1.82, 2.24) is 25.1 Å². The van der Waals surface area contributed by atoms with Gasteiger partial charge in [-0.2, -0.15) is 0 Å². The van der Waals surface area contributed by atoms with Gasteiger partial charge in [-0.25, -0.2) is 9.78 Å². The Hall–Kier alpha value is -3.06. The smallest absolute Gasteiger partial charge is 0.318 e. The summed E-state index contributed by atoms with van der Waals surface area (Å²) in [5.74, 6) is 1.58. The molecule has 1 fully saturated rings. The van der Waals surface area contributed by atoms with Gasteiger partial charge in [-0.3, -0.25) is 0 Å². The van der Waals surface area contributed by atoms with Crippen LogP contribution >= 0.6 is 0 Å². The molecule has 1 aromatic heterocycles. The molecular formula is C22H27N5O2. The molecule has 29 heavy (non-hydrogen) atoms. The highest BCUT2D eigenvalue weighted by Crippen LogP contribution is 2.22. The predicted molar refractivity (Wildman–Crippen MR) is 113 cm³/mol. The van der Waals surface area contributed by atoms with Crippen molar-refractivity contribution in [2.75, 3.05) is 40.3 Å². The summed E-state index contributed by atoms with van der Waals surface area (Å²) in [6.45, 7) is 3.25. The number of nitrogens with zero attached hydrogens (tertiary/aromatic N) is 3. The normalized spacial score (nSPS) is 16.0. The van der Waals surface area contributed by atoms with Crippen molar-refractivity contribution >= 4 is 17.1 Å². The summed E-state index contributed by atoms with van der Waals surface area (Å²) < 4.78 is 5.25. The van der Waals surface area contributed by atoms with E-state index < -0.39 is 0 Å². The van der Waals surface area contributed by atoms with Gasteiger partial charge < -0.3 is 24.8 Å². The minimum Gasteiger partial charge on any atom is -0.497 e. The lowest BCUT2D eigenvalue weighted by molar-refractivity contribution is 0.151. The number of carbonyl (C=O) groups is 1. The first-order valence-corrected chi connectivity index (χ1v) is 9.94. The van der Waals surface area contributed by atoms with Crippen LogP contribution in [0.3, 0.4) is 0 Å². The zero-order valence-corrected chi connectivity index (χ0v) is 16.9. The number of ether oxygens (including phenoxy) is 1. The number of aromatic nitrogens is 2. The highest BCUT2D eigenvalue weighted by Gasteiger charge is 2.24. The summed E-state index contributed by atoms with van der Waals surface area (Å²) >= 11 is 0. The Morgan fingerprint density at radius 3 is 2.55 bits per heavy atom. The van der Waals surface area contributed by atoms with Crippen LogP contribution in [0.1, 0.15) is 17.4 Å². The van der Waals surface area contributed by atoms with Gasteiger partial charge in [-0.1, -0.05) is 24.3 Å². The Bertz CT molecular complexity index is 928. The lowest BCUT2D eigenvalue weighted by atomic mass is 10.1. The van der Waals surface area contributed by atoms with E-state index >= 15 is 0 Å². The summed E-state index contributed by atoms with van der Waals surface area (Å²) in [7, 11) is 3.73. The van der Waals surface area contributed by atoms with Crippen molar-refractivity contribution in [3.05, 3.63) is 59.9 Å². The van der Waals surface area contributed by atoms with Crippen molar-refractivity contribution in [2.24, 2.45) is 0 Å². The second kappa shape index (κ2) is 8.53. The van der Waals surface area contributed by atoms with Crippen molar-refractivity contribution < 1.29 is 9.53 Å². The number of fused-ring (bicyclic) bond motifs is 1. The van der Waals surface area contributed by atoms with Crippen molar-refractivity contribution in [2.45, 2.75) is 12.5 Å². The standard InChI is InChI=1S/C22H27N5O2/c1-26-11-13-27(14-12-26)22(28)25-20(15-16-7-9-17(29-2)10-8-16)21-23-18-5-3-4-6-19(18)24-21/h3-10,20H,11-15H2,1-2H3,(H,23,24)(H,25,28). The third-order valence-electron chi connectivity index (χ3n) is 5.42. The van der Waals surface area contributed by atoms with Gasteiger partial charge in [0.25, 0.3) is 0 Å². The minimum absolute atomic E-state index is 0.0444. The number of methoxy groups -OCH3 is 1. The van der Waals surface area contributed by atoms with Gasteiger partial charge >= 0.3 is 6.03 Å². The van der Waals surface area contributed by atoms with Crippen LogP contribution in [0.25, 0.3) is 11.0 Å². The Labute approximate surface area is 170 Å². The number of rotatable bonds is 5. The van der Waals surface area contributed by atoms with E-state index in [-0.39, 0.29) is 12.1 Å². The third-order valence-corrected chi connectivity index (χ3v) is 5.42. The molecule has 4 rings (SSSR count). The number of H-pyrrole nitrogens is 1. The second-order valence-electron chi connectivity index (χ2n) is 7.48. The molecule has 7 nitrogen and oxygen atoms in total. The van der Waals surface area contributed by atoms with Gasteiger partial charge in [0.15, 0.2) is 0 Å². The maximum absolute atomic E-state index is 12.9. The highest BCUT2D eigenvalue weighted by molar-refractivity contribution is 5.76. The zero-order chi connectivity index (χ0) is 20.2. The van der Waals surface area contributed by atoms with Gasteiger partial charge in [0, 0.05) is 26.2 Å². The average Bonchev–Trinajstić information content (AvgIpc) is 3.18. The van der Waals surface area contributed by atoms with Crippen molar-refractivity contribution in [3.63, 3.8) is 0 Å². The number of urea groups is 1. The predicted octanol–water partition coefficient (Wildman–Crippen LogP) is 2.81. The summed E-state index contributed by atoms with van der Waals surface area (Å²) in [6, 6.07) is 15.5. The Balaban J connectivity index is 1.56. The largest absolute Gasteiger partial charge is 0.497 e. The van der Waals surface area contributed by atoms with Gasteiger partial charge in [0.05, 0.1) is 24.2 Å². The third kappa shape index (κ3) is 4.51. The molecule has 1 aliphatic heterocycles. The first kappa shape index (κ1) is 19.3. The molecule has 7 heteroatoms. The van der Waals surface area contributed by atoms with Crippen LogP contribution in [0.2, 0.25) is 0 Å². The van der Waals surface area contributed by atoms with Crippen LogP contribution in [0.4, 0.5) is 4.79 Å². The van der Waals surface area contributed by atoms with Crippen molar-refractivity contribution in [3.8, 4) is 5.75 Å². The Morgan fingerprint density at radius 2 is 1.86 bits per heavy atom. The van der Waals surface area contributed by atoms with E-state index in [1.165, 1.54) is 0 Å². The number of piperazine rings is 1. The molecule has 1 saturated heterocycles. The molecule has 0 spiro atoms. The number of benzene rings is 2. The minimum atomic E-state index is -0.247. The summed E-state index contributed by atoms with van der Waals surface area (Å²) in [6.07, 6.45) is 0.642. The molecule has 0 saturated carbocycles. The molecule has 2 aromatic carbocycles. The summed E-state index contributed by atoms with van der Waals surface area (Å²) in [5, 5.41) is 3.20. The van der Waals surface area contributed by atoms with E-state index in [1.807, 2.05) is 53.4 Å². The molecule has 2 N–H and O–H groups in total. The fourth-order valence-corrected chi connectivity index (χ4v) is 3.60. The van der Waals surface area contributed by atoms with Gasteiger partial charge in [-0.05, 0) is 43.3 Å². The first-order chi connectivity index (χ1) is 14.1. The number of para-hydroxylation sites is 2. The fourth-order valence-electron chi connectivity index (χ4n) is 3.60. The molecule has 1 unspecified atom stereocenters. The monoisotopic (exact) mass is 393 g/mol. The van der Waals surface area contributed by atoms with Crippen LogP contribution in [0, 0.1) is 0 Å². The van der Waals surface area contributed by atoms with E-state index in [0.29, 0.717) is 6.42 Å². The van der Waals surface area contributed by atoms with Crippen LogP contribution in [-0.2, 0) is 6.42 Å². The van der Waals surface area contributed by atoms with Gasteiger partial charge in [-0.15, -0.1) is 0 Å². The van der Waals surface area contributed by atoms with Crippen LogP contribution in [0.5, 0.6) is 5.75 Å². The molecule has 1 aliphatic rings. The van der Waals surface area contributed by atoms with Gasteiger partial charge in [0.2, 0.25) is 0 Å². The Kier molecular flexibility index (Phi) is 5.67. The average molecular weight is 393 g/mol. The number of carbonyl (C=O) groups excluding carboxylic acids is 1. The first-order valence-electron chi connectivity index (χ1n) is 9.94. The molecule has 0 aliphatic carbocycles. The van der Waals surface area contributed by atoms with Crippen LogP contribution in [-0.4, -0.2) is 66.1 Å². The number of aromatic amines is 1. The topological polar surface area (TPSA) is 73.5 Å². The van der Waals surface area contributed by atoms with E-state index in [0.717, 1.165) is 54.3 Å². The fraction of sp³-hybridized carbons (Fsp3) is 0.364. The van der Waals surface area contributed by atoms with E-state index in [4.69, 9.17) is 9.72 Å². The number of hydrogen-bond acceptors (Lipinski definition) is 4. The molecule has 0 bridgehead atoms. The molecule has 3 aromatic rings. The maximum atomic E-state index is 12.9. The Morgan fingerprint density at radius 1 is 1.14 bits per heavy atom. The second-order valence-corrected chi connectivity index (χ2v) is 7.48. The van der Waals surface area contributed by atoms with E-state index in [2.05, 4.69) is 22.2 Å². The molecule has 152 valence electrons. The summed E-state index contributed by atoms with van der Waals surface area (Å²) in [4.78, 5) is 25.1. The zero-order valence-electron chi connectivity index (χ0n) is 16.9. The molecule has 0 radical (unpaired) electrons. The number of nitrogens with one attached hydrogen (secondary N) is 2. The quantitative estimate of drug-likeness (QED) is 0.699. The van der Waals surface area contributed by atoms with E-state index in [1.54, 1.807) is 7.11 Å². The lowest BCUT2D eigenvalue weighted by Gasteiger charge is -2.33. The van der Waals surface area contributed by atoms with Crippen molar-refractivity contribution in [1.29, 1.82) is 0 Å². The summed E-state index contributed by atoms with van der Waals surface area (Å²) in [5.41, 5.74) is 2.97. The number of imidazole rings is 1. The van der Waals surface area contributed by atoms with Crippen LogP contribution in [0.15, 0.2) is 48.5 Å². The molecular weight excluding hydrogens is 366 g/mol. The molecule has 2 amide bonds. The van der Waals surface area contributed by atoms with Gasteiger partial charge in [0.1, 0.15) is 11.6 Å². The highest BCUT2D eigenvalue weighted by atomic mass is 16.5. The van der Waals surface area contributed by atoms with Crippen LogP contribution < -0.4 is 10.1 Å². The van der Waals surface area contributed by atoms with E-state index in [9.17, 15) is 4.79 Å². The SMILES string of the molecule is COc1ccc(CC(NC(=O)N2CCN(C)CC2)c2nc3ccccc3[nH]2)cc1. The molecule has 2 heterocycles.